The minimum atomic E-state index is 0. The van der Waals surface area contributed by atoms with E-state index >= 15 is 0 Å². The van der Waals surface area contributed by atoms with Crippen LogP contribution in [0.2, 0.25) is 5.02 Å². The third kappa shape index (κ3) is 7.44. The zero-order chi connectivity index (χ0) is 16.5. The van der Waals surface area contributed by atoms with Gasteiger partial charge in [0.25, 0.3) is 0 Å². The smallest absolute Gasteiger partial charge is 0.191 e. The Kier molecular flexibility index (Phi) is 10.4. The average molecular weight is 468 g/mol. The van der Waals surface area contributed by atoms with Crippen LogP contribution in [0.15, 0.2) is 23.2 Å². The van der Waals surface area contributed by atoms with Crippen molar-refractivity contribution in [1.82, 2.24) is 10.6 Å². The number of hydrogen-bond acceptors (Lipinski definition) is 3. The topological polar surface area (TPSA) is 54.9 Å². The van der Waals surface area contributed by atoms with E-state index in [0.717, 1.165) is 61.3 Å². The maximum Gasteiger partial charge on any atom is 0.191 e. The summed E-state index contributed by atoms with van der Waals surface area (Å²) < 4.78 is 11.4. The van der Waals surface area contributed by atoms with Gasteiger partial charge in [0.15, 0.2) is 5.96 Å². The second-order valence-corrected chi connectivity index (χ2v) is 6.06. The van der Waals surface area contributed by atoms with Crippen molar-refractivity contribution in [2.75, 3.05) is 33.4 Å². The molecule has 1 aromatic rings. The summed E-state index contributed by atoms with van der Waals surface area (Å²) in [4.78, 5) is 4.21. The van der Waals surface area contributed by atoms with Crippen molar-refractivity contribution in [3.05, 3.63) is 28.8 Å². The van der Waals surface area contributed by atoms with Crippen molar-refractivity contribution < 1.29 is 9.47 Å². The molecule has 7 heteroatoms. The summed E-state index contributed by atoms with van der Waals surface area (Å²) in [5, 5.41) is 7.31. The molecule has 24 heavy (non-hydrogen) atoms. The number of aliphatic imine (C=N–C) groups is 1. The van der Waals surface area contributed by atoms with Gasteiger partial charge in [0.2, 0.25) is 0 Å². The normalized spacial score (nSPS) is 17.3. The summed E-state index contributed by atoms with van der Waals surface area (Å²) in [7, 11) is 1.78. The number of halogens is 2. The van der Waals surface area contributed by atoms with E-state index in [9.17, 15) is 0 Å². The van der Waals surface area contributed by atoms with Gasteiger partial charge in [0, 0.05) is 31.8 Å². The Hall–Kier alpha value is -0.730. The Morgan fingerprint density at radius 2 is 2.25 bits per heavy atom. The van der Waals surface area contributed by atoms with E-state index in [1.165, 1.54) is 0 Å². The number of rotatable bonds is 7. The highest BCUT2D eigenvalue weighted by atomic mass is 127. The third-order valence-electron chi connectivity index (χ3n) is 3.75. The zero-order valence-electron chi connectivity index (χ0n) is 14.3. The van der Waals surface area contributed by atoms with Crippen molar-refractivity contribution in [3.8, 4) is 5.75 Å². The summed E-state index contributed by atoms with van der Waals surface area (Å²) in [6.07, 6.45) is 3.48. The monoisotopic (exact) mass is 467 g/mol. The molecule has 1 aromatic carbocycles. The van der Waals surface area contributed by atoms with Crippen LogP contribution in [0.1, 0.15) is 24.8 Å². The van der Waals surface area contributed by atoms with E-state index < -0.39 is 0 Å². The highest BCUT2D eigenvalue weighted by molar-refractivity contribution is 14.0. The molecule has 2 rings (SSSR count). The zero-order valence-corrected chi connectivity index (χ0v) is 17.4. The van der Waals surface area contributed by atoms with Gasteiger partial charge >= 0.3 is 0 Å². The standard InChI is InChI=1S/C17H26ClN3O2.HI/c1-13-11-14(18)6-7-16(13)23-10-4-8-20-17(19-2)21-12-15-5-3-9-22-15;/h6-7,11,15H,3-5,8-10,12H2,1-2H3,(H2,19,20,21);1H. The first-order chi connectivity index (χ1) is 11.2. The highest BCUT2D eigenvalue weighted by Gasteiger charge is 2.15. The molecule has 1 saturated heterocycles. The van der Waals surface area contributed by atoms with E-state index in [0.29, 0.717) is 12.7 Å². The molecule has 0 radical (unpaired) electrons. The molecule has 136 valence electrons. The molecule has 0 amide bonds. The Balaban J connectivity index is 0.00000288. The molecule has 0 saturated carbocycles. The lowest BCUT2D eigenvalue weighted by atomic mass is 10.2. The average Bonchev–Trinajstić information content (AvgIpc) is 3.05. The molecule has 1 aliphatic rings. The molecule has 1 fully saturated rings. The number of nitrogens with one attached hydrogen (secondary N) is 2. The minimum Gasteiger partial charge on any atom is -0.493 e. The number of ether oxygens (including phenoxy) is 2. The van der Waals surface area contributed by atoms with Crippen LogP contribution < -0.4 is 15.4 Å². The van der Waals surface area contributed by atoms with Crippen LogP contribution in [0.5, 0.6) is 5.75 Å². The number of hydrogen-bond donors (Lipinski definition) is 2. The second-order valence-electron chi connectivity index (χ2n) is 5.63. The van der Waals surface area contributed by atoms with Gasteiger partial charge in [0.05, 0.1) is 12.7 Å². The van der Waals surface area contributed by atoms with Crippen molar-refractivity contribution >= 4 is 41.5 Å². The van der Waals surface area contributed by atoms with Crippen molar-refractivity contribution in [2.45, 2.75) is 32.3 Å². The summed E-state index contributed by atoms with van der Waals surface area (Å²) in [5.41, 5.74) is 1.06. The molecule has 2 N–H and O–H groups in total. The van der Waals surface area contributed by atoms with Gasteiger partial charge in [-0.3, -0.25) is 4.99 Å². The minimum absolute atomic E-state index is 0. The first-order valence-corrected chi connectivity index (χ1v) is 8.52. The number of aryl methyl sites for hydroxylation is 1. The lowest BCUT2D eigenvalue weighted by Crippen LogP contribution is -2.41. The summed E-state index contributed by atoms with van der Waals surface area (Å²) in [6.45, 7) is 5.13. The maximum absolute atomic E-state index is 5.93. The van der Waals surface area contributed by atoms with E-state index in [1.807, 2.05) is 25.1 Å². The van der Waals surface area contributed by atoms with Crippen LogP contribution >= 0.6 is 35.6 Å². The number of guanidine groups is 1. The molecule has 0 bridgehead atoms. The molecule has 1 atom stereocenters. The van der Waals surface area contributed by atoms with E-state index in [1.54, 1.807) is 7.05 Å². The molecular formula is C17H27ClIN3O2. The molecule has 1 unspecified atom stereocenters. The van der Waals surface area contributed by atoms with E-state index in [4.69, 9.17) is 21.1 Å². The van der Waals surface area contributed by atoms with Crippen LogP contribution in [0.4, 0.5) is 0 Å². The van der Waals surface area contributed by atoms with E-state index in [2.05, 4.69) is 15.6 Å². The van der Waals surface area contributed by atoms with Crippen LogP contribution in [0.25, 0.3) is 0 Å². The molecule has 0 aromatic heterocycles. The Bertz CT molecular complexity index is 523. The first kappa shape index (κ1) is 21.3. The maximum atomic E-state index is 5.93. The van der Waals surface area contributed by atoms with Gasteiger partial charge in [-0.2, -0.15) is 0 Å². The van der Waals surface area contributed by atoms with Gasteiger partial charge in [-0.05, 0) is 49.9 Å². The number of benzene rings is 1. The largest absolute Gasteiger partial charge is 0.493 e. The van der Waals surface area contributed by atoms with Crippen LogP contribution in [-0.4, -0.2) is 45.4 Å². The van der Waals surface area contributed by atoms with Gasteiger partial charge in [0.1, 0.15) is 5.75 Å². The number of nitrogens with zero attached hydrogens (tertiary/aromatic N) is 1. The second kappa shape index (κ2) is 11.8. The molecule has 0 aliphatic carbocycles. The fourth-order valence-electron chi connectivity index (χ4n) is 2.47. The predicted molar refractivity (Wildman–Crippen MR) is 110 cm³/mol. The summed E-state index contributed by atoms with van der Waals surface area (Å²) in [5.74, 6) is 1.69. The molecule has 0 spiro atoms. The first-order valence-electron chi connectivity index (χ1n) is 8.14. The molecule has 5 nitrogen and oxygen atoms in total. The quantitative estimate of drug-likeness (QED) is 0.279. The van der Waals surface area contributed by atoms with Gasteiger partial charge in [-0.15, -0.1) is 24.0 Å². The van der Waals surface area contributed by atoms with Crippen LogP contribution in [-0.2, 0) is 4.74 Å². The SMILES string of the molecule is CN=C(NCCCOc1ccc(Cl)cc1C)NCC1CCCO1.I. The van der Waals surface area contributed by atoms with Crippen LogP contribution in [0, 0.1) is 6.92 Å². The Morgan fingerprint density at radius 3 is 2.92 bits per heavy atom. The lowest BCUT2D eigenvalue weighted by Gasteiger charge is -2.15. The lowest BCUT2D eigenvalue weighted by molar-refractivity contribution is 0.114. The van der Waals surface area contributed by atoms with Crippen molar-refractivity contribution in [2.24, 2.45) is 4.99 Å². The Morgan fingerprint density at radius 1 is 1.42 bits per heavy atom. The predicted octanol–water partition coefficient (Wildman–Crippen LogP) is 3.38. The molecular weight excluding hydrogens is 441 g/mol. The summed E-state index contributed by atoms with van der Waals surface area (Å²) in [6, 6.07) is 5.66. The van der Waals surface area contributed by atoms with Gasteiger partial charge in [-0.1, -0.05) is 11.6 Å². The fourth-order valence-corrected chi connectivity index (χ4v) is 2.70. The highest BCUT2D eigenvalue weighted by Crippen LogP contribution is 2.21. The van der Waals surface area contributed by atoms with Crippen molar-refractivity contribution in [3.63, 3.8) is 0 Å². The molecule has 1 aliphatic heterocycles. The van der Waals surface area contributed by atoms with Crippen molar-refractivity contribution in [1.29, 1.82) is 0 Å². The van der Waals surface area contributed by atoms with Crippen LogP contribution in [0.3, 0.4) is 0 Å². The van der Waals surface area contributed by atoms with Gasteiger partial charge < -0.3 is 20.1 Å². The molecule has 1 heterocycles. The van der Waals surface area contributed by atoms with Gasteiger partial charge in [-0.25, -0.2) is 0 Å². The van der Waals surface area contributed by atoms with E-state index in [-0.39, 0.29) is 24.0 Å². The Labute approximate surface area is 166 Å². The fraction of sp³-hybridized carbons (Fsp3) is 0.588. The summed E-state index contributed by atoms with van der Waals surface area (Å²) >= 11 is 5.93. The third-order valence-corrected chi connectivity index (χ3v) is 3.99.